The maximum Gasteiger partial charge on any atom is -0.0111 e. The van der Waals surface area contributed by atoms with E-state index in [-0.39, 0.29) is 0 Å². The largest absolute Gasteiger partial charge is 0.0990 e. The fraction of sp³-hybridized carbons (Fsp3) is 0.867. The van der Waals surface area contributed by atoms with Crippen LogP contribution in [-0.2, 0) is 0 Å². The van der Waals surface area contributed by atoms with E-state index < -0.39 is 0 Å². The minimum absolute atomic E-state index is 0.421. The Hall–Kier alpha value is -0.260. The zero-order chi connectivity index (χ0) is 10.8. The lowest BCUT2D eigenvalue weighted by Crippen LogP contribution is -2.42. The van der Waals surface area contributed by atoms with E-state index in [9.17, 15) is 0 Å². The zero-order valence-electron chi connectivity index (χ0n) is 10.5. The third-order valence-electron chi connectivity index (χ3n) is 6.34. The van der Waals surface area contributed by atoms with Crippen molar-refractivity contribution in [2.24, 2.45) is 28.6 Å². The topological polar surface area (TPSA) is 0 Å². The van der Waals surface area contributed by atoms with Crippen LogP contribution in [0, 0.1) is 28.6 Å². The molecule has 3 saturated carbocycles. The lowest BCUT2D eigenvalue weighted by atomic mass is 9.54. The minimum atomic E-state index is 0.421. The van der Waals surface area contributed by atoms with Crippen LogP contribution < -0.4 is 0 Å². The highest BCUT2D eigenvalue weighted by atomic mass is 14.7. The standard InChI is InChI=1S/C15H24/c1-10-5-6-13-14(3,4)11(2)12-7-8-15(10,13)9-12/h10,12-13H,2,5-9H2,1,3-4H3/t10-,12+,13+,15-/m0/s1. The van der Waals surface area contributed by atoms with Crippen molar-refractivity contribution in [2.75, 3.05) is 0 Å². The number of rotatable bonds is 0. The molecule has 0 aromatic rings. The lowest BCUT2D eigenvalue weighted by Gasteiger charge is -2.50. The molecule has 0 saturated heterocycles. The first-order valence-electron chi connectivity index (χ1n) is 6.68. The minimum Gasteiger partial charge on any atom is -0.0990 e. The van der Waals surface area contributed by atoms with Gasteiger partial charge in [-0.05, 0) is 60.7 Å². The molecule has 0 heterocycles. The summed E-state index contributed by atoms with van der Waals surface area (Å²) in [5.41, 5.74) is 2.72. The van der Waals surface area contributed by atoms with Crippen LogP contribution in [0.3, 0.4) is 0 Å². The molecule has 4 atom stereocenters. The molecule has 3 fully saturated rings. The van der Waals surface area contributed by atoms with E-state index in [0.29, 0.717) is 5.41 Å². The number of fused-ring (bicyclic) bond motifs is 1. The summed E-state index contributed by atoms with van der Waals surface area (Å²) in [6.45, 7) is 11.9. The average molecular weight is 204 g/mol. The molecule has 3 rings (SSSR count). The summed E-state index contributed by atoms with van der Waals surface area (Å²) in [7, 11) is 0. The van der Waals surface area contributed by atoms with Crippen LogP contribution in [0.4, 0.5) is 0 Å². The van der Waals surface area contributed by atoms with E-state index in [2.05, 4.69) is 27.4 Å². The zero-order valence-corrected chi connectivity index (χ0v) is 10.5. The van der Waals surface area contributed by atoms with Crippen LogP contribution in [-0.4, -0.2) is 0 Å². The molecular weight excluding hydrogens is 180 g/mol. The van der Waals surface area contributed by atoms with Crippen LogP contribution in [0.1, 0.15) is 52.9 Å². The Kier molecular flexibility index (Phi) is 1.79. The van der Waals surface area contributed by atoms with E-state index in [4.69, 9.17) is 0 Å². The van der Waals surface area contributed by atoms with Gasteiger partial charge in [0.25, 0.3) is 0 Å². The molecule has 84 valence electrons. The first-order valence-corrected chi connectivity index (χ1v) is 6.68. The van der Waals surface area contributed by atoms with Crippen LogP contribution in [0.5, 0.6) is 0 Å². The first kappa shape index (κ1) is 9.93. The Morgan fingerprint density at radius 2 is 1.93 bits per heavy atom. The van der Waals surface area contributed by atoms with Crippen LogP contribution in [0.15, 0.2) is 12.2 Å². The summed E-state index contributed by atoms with van der Waals surface area (Å²) in [5.74, 6) is 2.77. The fourth-order valence-corrected chi connectivity index (χ4v) is 5.33. The molecule has 0 amide bonds. The van der Waals surface area contributed by atoms with Crippen molar-refractivity contribution in [3.05, 3.63) is 12.2 Å². The molecule has 0 aliphatic heterocycles. The molecule has 0 unspecified atom stereocenters. The van der Waals surface area contributed by atoms with Gasteiger partial charge in [0.1, 0.15) is 0 Å². The van der Waals surface area contributed by atoms with Crippen molar-refractivity contribution in [1.82, 2.24) is 0 Å². The second kappa shape index (κ2) is 2.70. The van der Waals surface area contributed by atoms with Crippen LogP contribution in [0.25, 0.3) is 0 Å². The molecule has 0 aromatic carbocycles. The molecule has 3 aliphatic rings. The predicted octanol–water partition coefficient (Wildman–Crippen LogP) is 4.42. The Morgan fingerprint density at radius 3 is 2.67 bits per heavy atom. The van der Waals surface area contributed by atoms with E-state index in [1.807, 2.05) is 0 Å². The summed E-state index contributed by atoms with van der Waals surface area (Å²) in [6.07, 6.45) is 7.32. The Bertz CT molecular complexity index is 312. The van der Waals surface area contributed by atoms with Crippen molar-refractivity contribution < 1.29 is 0 Å². The summed E-state index contributed by atoms with van der Waals surface area (Å²) in [5, 5.41) is 0. The number of allylic oxidation sites excluding steroid dienone is 1. The molecule has 0 N–H and O–H groups in total. The van der Waals surface area contributed by atoms with Gasteiger partial charge in [0, 0.05) is 0 Å². The van der Waals surface area contributed by atoms with Gasteiger partial charge >= 0.3 is 0 Å². The number of hydrogen-bond acceptors (Lipinski definition) is 0. The fourth-order valence-electron chi connectivity index (χ4n) is 5.33. The van der Waals surface area contributed by atoms with Gasteiger partial charge in [0.05, 0.1) is 0 Å². The first-order chi connectivity index (χ1) is 6.98. The Labute approximate surface area is 94.1 Å². The summed E-state index contributed by atoms with van der Waals surface area (Å²) in [4.78, 5) is 0. The summed E-state index contributed by atoms with van der Waals surface area (Å²) in [6, 6.07) is 0. The second-order valence-electron chi connectivity index (χ2n) is 6.95. The normalized spacial score (nSPS) is 51.9. The van der Waals surface area contributed by atoms with E-state index in [1.165, 1.54) is 32.1 Å². The van der Waals surface area contributed by atoms with Gasteiger partial charge < -0.3 is 0 Å². The van der Waals surface area contributed by atoms with Gasteiger partial charge in [-0.1, -0.05) is 32.9 Å². The van der Waals surface area contributed by atoms with Gasteiger partial charge in [-0.25, -0.2) is 0 Å². The van der Waals surface area contributed by atoms with Crippen LogP contribution >= 0.6 is 0 Å². The molecule has 0 heteroatoms. The number of hydrogen-bond donors (Lipinski definition) is 0. The molecule has 2 bridgehead atoms. The maximum atomic E-state index is 4.43. The quantitative estimate of drug-likeness (QED) is 0.513. The highest BCUT2D eigenvalue weighted by Gasteiger charge is 2.61. The van der Waals surface area contributed by atoms with Crippen LogP contribution in [0.2, 0.25) is 0 Å². The average Bonchev–Trinajstić information content (AvgIpc) is 2.71. The van der Waals surface area contributed by atoms with Gasteiger partial charge in [0.15, 0.2) is 0 Å². The highest BCUT2D eigenvalue weighted by Crippen LogP contribution is 2.70. The molecule has 3 aliphatic carbocycles. The van der Waals surface area contributed by atoms with E-state index in [1.54, 1.807) is 5.57 Å². The second-order valence-corrected chi connectivity index (χ2v) is 6.95. The lowest BCUT2D eigenvalue weighted by molar-refractivity contribution is 0.0429. The van der Waals surface area contributed by atoms with Crippen molar-refractivity contribution in [3.8, 4) is 0 Å². The molecule has 0 radical (unpaired) electrons. The smallest absolute Gasteiger partial charge is 0.0111 e. The monoisotopic (exact) mass is 204 g/mol. The van der Waals surface area contributed by atoms with Crippen molar-refractivity contribution in [2.45, 2.75) is 52.9 Å². The SMILES string of the molecule is C=C1[C@@H]2CC[C@@]3(C2)[C@H](CC[C@@H]3C)C1(C)C. The maximum absolute atomic E-state index is 4.43. The van der Waals surface area contributed by atoms with Crippen molar-refractivity contribution in [3.63, 3.8) is 0 Å². The van der Waals surface area contributed by atoms with Gasteiger partial charge in [-0.15, -0.1) is 0 Å². The Morgan fingerprint density at radius 1 is 1.20 bits per heavy atom. The van der Waals surface area contributed by atoms with Crippen molar-refractivity contribution in [1.29, 1.82) is 0 Å². The molecule has 0 nitrogen and oxygen atoms in total. The third-order valence-corrected chi connectivity index (χ3v) is 6.34. The van der Waals surface area contributed by atoms with E-state index >= 15 is 0 Å². The molecule has 15 heavy (non-hydrogen) atoms. The molecule has 0 aromatic heterocycles. The van der Waals surface area contributed by atoms with E-state index in [0.717, 1.165) is 23.2 Å². The highest BCUT2D eigenvalue weighted by molar-refractivity contribution is 5.25. The molecular formula is C15H24. The predicted molar refractivity (Wildman–Crippen MR) is 64.6 cm³/mol. The van der Waals surface area contributed by atoms with Crippen molar-refractivity contribution >= 4 is 0 Å². The molecule has 1 spiro atoms. The summed E-state index contributed by atoms with van der Waals surface area (Å²) >= 11 is 0. The Balaban J connectivity index is 2.09. The third kappa shape index (κ3) is 0.990. The summed E-state index contributed by atoms with van der Waals surface area (Å²) < 4.78 is 0. The van der Waals surface area contributed by atoms with Gasteiger partial charge in [-0.2, -0.15) is 0 Å². The van der Waals surface area contributed by atoms with Gasteiger partial charge in [-0.3, -0.25) is 0 Å². The van der Waals surface area contributed by atoms with Gasteiger partial charge in [0.2, 0.25) is 0 Å².